The number of benzene rings is 2. The second-order valence-corrected chi connectivity index (χ2v) is 5.50. The van der Waals surface area contributed by atoms with Gasteiger partial charge in [-0.15, -0.1) is 11.8 Å². The lowest BCUT2D eigenvalue weighted by Gasteiger charge is -2.06. The summed E-state index contributed by atoms with van der Waals surface area (Å²) in [6.07, 6.45) is 0. The van der Waals surface area contributed by atoms with Gasteiger partial charge in [0.15, 0.2) is 0 Å². The van der Waals surface area contributed by atoms with E-state index in [1.807, 2.05) is 30.3 Å². The minimum atomic E-state index is -0.379. The van der Waals surface area contributed by atoms with Gasteiger partial charge >= 0.3 is 0 Å². The van der Waals surface area contributed by atoms with Crippen molar-refractivity contribution in [3.05, 3.63) is 63.2 Å². The van der Waals surface area contributed by atoms with Gasteiger partial charge in [0.05, 0.1) is 9.95 Å². The van der Waals surface area contributed by atoms with Crippen LogP contribution >= 0.6 is 23.4 Å². The van der Waals surface area contributed by atoms with Gasteiger partial charge in [0.25, 0.3) is 5.69 Å². The zero-order chi connectivity index (χ0) is 14.5. The van der Waals surface area contributed by atoms with E-state index in [9.17, 15) is 10.1 Å². The quantitative estimate of drug-likeness (QED) is 0.499. The van der Waals surface area contributed by atoms with Crippen LogP contribution in [0.15, 0.2) is 47.4 Å². The van der Waals surface area contributed by atoms with Crippen molar-refractivity contribution >= 4 is 34.7 Å². The number of nitrogens with one attached hydrogen (secondary N) is 1. The third-order valence-electron chi connectivity index (χ3n) is 2.76. The molecule has 0 heterocycles. The van der Waals surface area contributed by atoms with Gasteiger partial charge in [0.2, 0.25) is 0 Å². The van der Waals surface area contributed by atoms with Crippen LogP contribution < -0.4 is 5.32 Å². The Morgan fingerprint density at radius 1 is 1.30 bits per heavy atom. The monoisotopic (exact) mass is 308 g/mol. The van der Waals surface area contributed by atoms with Crippen LogP contribution in [0.1, 0.15) is 5.56 Å². The highest BCUT2D eigenvalue weighted by atomic mass is 35.5. The summed E-state index contributed by atoms with van der Waals surface area (Å²) >= 11 is 7.64. The number of anilines is 1. The van der Waals surface area contributed by atoms with Crippen LogP contribution in [0.3, 0.4) is 0 Å². The van der Waals surface area contributed by atoms with Crippen LogP contribution in [0.2, 0.25) is 5.02 Å². The van der Waals surface area contributed by atoms with Crippen LogP contribution in [0, 0.1) is 10.1 Å². The number of thioether (sulfide) groups is 1. The molecule has 0 saturated carbocycles. The lowest BCUT2D eigenvalue weighted by molar-refractivity contribution is -0.384. The van der Waals surface area contributed by atoms with Gasteiger partial charge in [-0.1, -0.05) is 29.8 Å². The van der Waals surface area contributed by atoms with Gasteiger partial charge in [-0.2, -0.15) is 0 Å². The highest BCUT2D eigenvalue weighted by Crippen LogP contribution is 2.32. The van der Waals surface area contributed by atoms with E-state index in [1.54, 1.807) is 30.9 Å². The Morgan fingerprint density at radius 3 is 2.70 bits per heavy atom. The van der Waals surface area contributed by atoms with E-state index < -0.39 is 0 Å². The van der Waals surface area contributed by atoms with E-state index in [0.717, 1.165) is 10.5 Å². The molecule has 0 unspecified atom stereocenters. The molecule has 0 aliphatic rings. The van der Waals surface area contributed by atoms with Gasteiger partial charge in [0, 0.05) is 23.8 Å². The lowest BCUT2D eigenvalue weighted by atomic mass is 10.2. The van der Waals surface area contributed by atoms with E-state index in [2.05, 4.69) is 5.32 Å². The normalized spacial score (nSPS) is 10.3. The summed E-state index contributed by atoms with van der Waals surface area (Å²) in [6, 6.07) is 12.7. The Balaban J connectivity index is 2.16. The molecular weight excluding hydrogens is 296 g/mol. The number of nitrogens with zero attached hydrogens (tertiary/aromatic N) is 1. The molecule has 0 saturated heterocycles. The molecule has 4 nitrogen and oxygen atoms in total. The molecule has 0 spiro atoms. The van der Waals surface area contributed by atoms with Gasteiger partial charge in [-0.3, -0.25) is 10.1 Å². The maximum absolute atomic E-state index is 11.0. The van der Waals surface area contributed by atoms with E-state index in [4.69, 9.17) is 11.6 Å². The second-order valence-electron chi connectivity index (χ2n) is 4.08. The molecule has 0 fully saturated rings. The maximum atomic E-state index is 11.0. The predicted molar refractivity (Wildman–Crippen MR) is 83.7 cm³/mol. The van der Waals surface area contributed by atoms with Crippen LogP contribution in [0.5, 0.6) is 0 Å². The van der Waals surface area contributed by atoms with E-state index in [-0.39, 0.29) is 10.6 Å². The highest BCUT2D eigenvalue weighted by molar-refractivity contribution is 7.98. The smallest absolute Gasteiger partial charge is 0.292 e. The molecule has 0 radical (unpaired) electrons. The van der Waals surface area contributed by atoms with E-state index >= 15 is 0 Å². The Kier molecular flexibility index (Phi) is 4.87. The average Bonchev–Trinajstić information content (AvgIpc) is 2.46. The topological polar surface area (TPSA) is 55.2 Å². The number of halogens is 1. The number of hydrogen-bond acceptors (Lipinski definition) is 4. The molecule has 0 aliphatic carbocycles. The molecule has 6 heteroatoms. The first-order valence-electron chi connectivity index (χ1n) is 5.94. The van der Waals surface area contributed by atoms with E-state index in [1.165, 1.54) is 0 Å². The summed E-state index contributed by atoms with van der Waals surface area (Å²) < 4.78 is 0. The fraction of sp³-hybridized carbons (Fsp3) is 0.143. The lowest BCUT2D eigenvalue weighted by Crippen LogP contribution is -1.97. The summed E-state index contributed by atoms with van der Waals surface area (Å²) in [5.41, 5.74) is 1.49. The van der Waals surface area contributed by atoms with Crippen LogP contribution in [0.25, 0.3) is 0 Å². The molecule has 1 N–H and O–H groups in total. The van der Waals surface area contributed by atoms with Crippen molar-refractivity contribution in [3.8, 4) is 0 Å². The molecule has 2 aromatic rings. The average molecular weight is 309 g/mol. The first-order chi connectivity index (χ1) is 9.61. The van der Waals surface area contributed by atoms with Crippen LogP contribution in [-0.4, -0.2) is 12.0 Å². The number of rotatable bonds is 5. The van der Waals surface area contributed by atoms with Crippen molar-refractivity contribution in [1.29, 1.82) is 0 Å². The van der Waals surface area contributed by atoms with Crippen molar-refractivity contribution in [1.82, 2.24) is 0 Å². The molecule has 0 aliphatic heterocycles. The summed E-state index contributed by atoms with van der Waals surface area (Å²) in [5, 5.41) is 14.5. The molecule has 0 atom stereocenters. The van der Waals surface area contributed by atoms with Crippen molar-refractivity contribution in [2.45, 2.75) is 10.6 Å². The standard InChI is InChI=1S/C14H13ClN2O2S/c1-16-12-7-6-10(8-13(12)17(18)19)9-20-14-5-3-2-4-11(14)15/h2-8,16H,9H2,1H3. The minimum absolute atomic E-state index is 0.0877. The first-order valence-corrected chi connectivity index (χ1v) is 7.30. The third-order valence-corrected chi connectivity index (χ3v) is 4.35. The van der Waals surface area contributed by atoms with Crippen molar-refractivity contribution in [2.24, 2.45) is 0 Å². The molecule has 2 aromatic carbocycles. The number of hydrogen-bond donors (Lipinski definition) is 1. The van der Waals surface area contributed by atoms with Crippen molar-refractivity contribution in [3.63, 3.8) is 0 Å². The van der Waals surface area contributed by atoms with Gasteiger partial charge in [-0.25, -0.2) is 0 Å². The molecule has 104 valence electrons. The molecule has 0 bridgehead atoms. The molecular formula is C14H13ClN2O2S. The zero-order valence-electron chi connectivity index (χ0n) is 10.8. The predicted octanol–water partition coefficient (Wildman–Crippen LogP) is 4.58. The molecule has 20 heavy (non-hydrogen) atoms. The van der Waals surface area contributed by atoms with Gasteiger partial charge in [-0.05, 0) is 23.8 Å². The summed E-state index contributed by atoms with van der Waals surface area (Å²) in [5.74, 6) is 0.633. The van der Waals surface area contributed by atoms with Crippen molar-refractivity contribution in [2.75, 3.05) is 12.4 Å². The Bertz CT molecular complexity index is 634. The Hall–Kier alpha value is -1.72. The van der Waals surface area contributed by atoms with Gasteiger partial charge in [0.1, 0.15) is 5.69 Å². The summed E-state index contributed by atoms with van der Waals surface area (Å²) in [4.78, 5) is 11.6. The van der Waals surface area contributed by atoms with Crippen LogP contribution in [0.4, 0.5) is 11.4 Å². The highest BCUT2D eigenvalue weighted by Gasteiger charge is 2.13. The molecule has 0 aromatic heterocycles. The van der Waals surface area contributed by atoms with Crippen molar-refractivity contribution < 1.29 is 4.92 Å². The summed E-state index contributed by atoms with van der Waals surface area (Å²) in [7, 11) is 1.67. The molecule has 0 amide bonds. The SMILES string of the molecule is CNc1ccc(CSc2ccccc2Cl)cc1[N+](=O)[O-]. The minimum Gasteiger partial charge on any atom is -0.383 e. The molecule has 2 rings (SSSR count). The Labute approximate surface area is 126 Å². The number of nitro benzene ring substituents is 1. The zero-order valence-corrected chi connectivity index (χ0v) is 12.4. The fourth-order valence-corrected chi connectivity index (χ4v) is 2.93. The Morgan fingerprint density at radius 2 is 2.05 bits per heavy atom. The third kappa shape index (κ3) is 3.43. The number of nitro groups is 1. The fourth-order valence-electron chi connectivity index (χ4n) is 1.75. The largest absolute Gasteiger partial charge is 0.383 e. The first kappa shape index (κ1) is 14.7. The second kappa shape index (κ2) is 6.63. The summed E-state index contributed by atoms with van der Waals surface area (Å²) in [6.45, 7) is 0. The van der Waals surface area contributed by atoms with Crippen LogP contribution in [-0.2, 0) is 5.75 Å². The maximum Gasteiger partial charge on any atom is 0.292 e. The van der Waals surface area contributed by atoms with Gasteiger partial charge < -0.3 is 5.32 Å². The van der Waals surface area contributed by atoms with E-state index in [0.29, 0.717) is 16.5 Å².